The molecule has 5 nitrogen and oxygen atoms in total. The van der Waals surface area contributed by atoms with Gasteiger partial charge in [-0.3, -0.25) is 4.99 Å². The molecule has 3 N–H and O–H groups in total. The van der Waals surface area contributed by atoms with Gasteiger partial charge in [0.2, 0.25) is 0 Å². The van der Waals surface area contributed by atoms with E-state index in [1.54, 1.807) is 0 Å². The van der Waals surface area contributed by atoms with E-state index in [-0.39, 0.29) is 11.5 Å². The summed E-state index contributed by atoms with van der Waals surface area (Å²) < 4.78 is 12.4. The lowest BCUT2D eigenvalue weighted by atomic mass is 9.74. The van der Waals surface area contributed by atoms with Crippen molar-refractivity contribution in [2.75, 3.05) is 26.4 Å². The first-order valence-electron chi connectivity index (χ1n) is 9.78. The Kier molecular flexibility index (Phi) is 5.87. The zero-order valence-electron chi connectivity index (χ0n) is 15.9. The lowest BCUT2D eigenvalue weighted by Gasteiger charge is -2.36. The molecule has 6 heteroatoms. The fraction of sp³-hybridized carbons (Fsp3) is 0.409. The van der Waals surface area contributed by atoms with Gasteiger partial charge in [0.25, 0.3) is 0 Å². The monoisotopic (exact) mass is 443 g/mol. The highest BCUT2D eigenvalue weighted by atomic mass is 79.9. The fourth-order valence-electron chi connectivity index (χ4n) is 4.06. The number of para-hydroxylation sites is 1. The maximum absolute atomic E-state index is 6.30. The molecule has 2 aromatic rings. The Bertz CT molecular complexity index is 832. The van der Waals surface area contributed by atoms with Gasteiger partial charge in [-0.05, 0) is 36.6 Å². The lowest BCUT2D eigenvalue weighted by molar-refractivity contribution is 0.0531. The van der Waals surface area contributed by atoms with E-state index >= 15 is 0 Å². The van der Waals surface area contributed by atoms with Crippen LogP contribution in [0.2, 0.25) is 0 Å². The predicted molar refractivity (Wildman–Crippen MR) is 115 cm³/mol. The molecule has 4 rings (SSSR count). The summed E-state index contributed by atoms with van der Waals surface area (Å²) in [5, 5.41) is 3.40. The van der Waals surface area contributed by atoms with Crippen LogP contribution < -0.4 is 15.8 Å². The second-order valence-electron chi connectivity index (χ2n) is 7.47. The van der Waals surface area contributed by atoms with Gasteiger partial charge in [0.1, 0.15) is 5.75 Å². The first kappa shape index (κ1) is 19.3. The molecule has 2 aliphatic rings. The van der Waals surface area contributed by atoms with Gasteiger partial charge in [-0.25, -0.2) is 0 Å². The molecular weight excluding hydrogens is 418 g/mol. The minimum Gasteiger partial charge on any atom is -0.493 e. The predicted octanol–water partition coefficient (Wildman–Crippen LogP) is 3.93. The lowest BCUT2D eigenvalue weighted by Crippen LogP contribution is -2.41. The molecule has 1 unspecified atom stereocenters. The molecule has 0 amide bonds. The van der Waals surface area contributed by atoms with Crippen LogP contribution in [0.15, 0.2) is 58.0 Å². The standard InChI is InChI=1S/C22H26BrN3O2/c23-17-7-5-16(6-8-17)22(10-13-27-14-11-22)15-25-21(24)26-19-9-12-28-20-4-2-1-3-18(19)20/h1-8,19H,9-15H2,(H3,24,25,26). The highest BCUT2D eigenvalue weighted by Gasteiger charge is 2.34. The van der Waals surface area contributed by atoms with Crippen LogP contribution in [0.1, 0.15) is 36.4 Å². The van der Waals surface area contributed by atoms with Crippen molar-refractivity contribution < 1.29 is 9.47 Å². The maximum Gasteiger partial charge on any atom is 0.189 e. The number of halogens is 1. The number of guanidine groups is 1. The van der Waals surface area contributed by atoms with Crippen LogP contribution in [-0.4, -0.2) is 32.3 Å². The molecular formula is C22H26BrN3O2. The van der Waals surface area contributed by atoms with Crippen LogP contribution >= 0.6 is 15.9 Å². The summed E-state index contributed by atoms with van der Waals surface area (Å²) in [4.78, 5) is 4.76. The first-order chi connectivity index (χ1) is 13.7. The summed E-state index contributed by atoms with van der Waals surface area (Å²) in [6.07, 6.45) is 2.77. The number of nitrogens with two attached hydrogens (primary N) is 1. The highest BCUT2D eigenvalue weighted by Crippen LogP contribution is 2.36. The van der Waals surface area contributed by atoms with Crippen LogP contribution in [0.4, 0.5) is 0 Å². The van der Waals surface area contributed by atoms with Gasteiger partial charge < -0.3 is 20.5 Å². The number of hydrogen-bond donors (Lipinski definition) is 2. The summed E-state index contributed by atoms with van der Waals surface area (Å²) >= 11 is 3.53. The normalized spacial score (nSPS) is 21.5. The molecule has 0 spiro atoms. The van der Waals surface area contributed by atoms with Crippen molar-refractivity contribution in [2.24, 2.45) is 10.7 Å². The van der Waals surface area contributed by atoms with E-state index in [0.29, 0.717) is 19.1 Å². The SMILES string of the molecule is NC(=NCC1(c2ccc(Br)cc2)CCOCC1)NC1CCOc2ccccc21. The van der Waals surface area contributed by atoms with Crippen LogP contribution in [0, 0.1) is 0 Å². The Balaban J connectivity index is 1.50. The van der Waals surface area contributed by atoms with Gasteiger partial charge in [0, 0.05) is 35.1 Å². The minimum atomic E-state index is -0.0289. The Labute approximate surface area is 174 Å². The van der Waals surface area contributed by atoms with Crippen molar-refractivity contribution in [1.82, 2.24) is 5.32 Å². The third kappa shape index (κ3) is 4.18. The van der Waals surface area contributed by atoms with Crippen molar-refractivity contribution in [3.63, 3.8) is 0 Å². The number of aliphatic imine (C=N–C) groups is 1. The van der Waals surface area contributed by atoms with Gasteiger partial charge >= 0.3 is 0 Å². The van der Waals surface area contributed by atoms with Crippen molar-refractivity contribution in [2.45, 2.75) is 30.7 Å². The molecule has 2 heterocycles. The van der Waals surface area contributed by atoms with Crippen LogP contribution in [0.25, 0.3) is 0 Å². The maximum atomic E-state index is 6.30. The smallest absolute Gasteiger partial charge is 0.189 e. The average Bonchev–Trinajstić information content (AvgIpc) is 2.74. The van der Waals surface area contributed by atoms with E-state index in [1.165, 1.54) is 5.56 Å². The molecule has 2 aromatic carbocycles. The Morgan fingerprint density at radius 1 is 1.11 bits per heavy atom. The second-order valence-corrected chi connectivity index (χ2v) is 8.39. The summed E-state index contributed by atoms with van der Waals surface area (Å²) in [7, 11) is 0. The molecule has 148 valence electrons. The van der Waals surface area contributed by atoms with E-state index < -0.39 is 0 Å². The number of rotatable bonds is 4. The molecule has 1 fully saturated rings. The number of ether oxygens (including phenoxy) is 2. The number of nitrogens with one attached hydrogen (secondary N) is 1. The fourth-order valence-corrected chi connectivity index (χ4v) is 4.32. The highest BCUT2D eigenvalue weighted by molar-refractivity contribution is 9.10. The average molecular weight is 444 g/mol. The van der Waals surface area contributed by atoms with Gasteiger partial charge in [0.15, 0.2) is 5.96 Å². The topological polar surface area (TPSA) is 68.9 Å². The van der Waals surface area contributed by atoms with E-state index in [0.717, 1.165) is 48.3 Å². The van der Waals surface area contributed by atoms with E-state index in [4.69, 9.17) is 20.2 Å². The molecule has 0 saturated carbocycles. The molecule has 2 aliphatic heterocycles. The van der Waals surface area contributed by atoms with Gasteiger partial charge in [-0.1, -0.05) is 46.3 Å². The quantitative estimate of drug-likeness (QED) is 0.554. The van der Waals surface area contributed by atoms with E-state index in [2.05, 4.69) is 51.6 Å². The molecule has 1 saturated heterocycles. The minimum absolute atomic E-state index is 0.0289. The molecule has 28 heavy (non-hydrogen) atoms. The van der Waals surface area contributed by atoms with Crippen LogP contribution in [0.5, 0.6) is 5.75 Å². The van der Waals surface area contributed by atoms with Crippen molar-refractivity contribution in [3.8, 4) is 5.75 Å². The Morgan fingerprint density at radius 2 is 1.86 bits per heavy atom. The van der Waals surface area contributed by atoms with Crippen molar-refractivity contribution in [3.05, 3.63) is 64.1 Å². The Hall–Kier alpha value is -2.05. The van der Waals surface area contributed by atoms with Crippen LogP contribution in [0.3, 0.4) is 0 Å². The zero-order chi connectivity index (χ0) is 19.4. The summed E-state index contributed by atoms with van der Waals surface area (Å²) in [6.45, 7) is 2.85. The number of fused-ring (bicyclic) bond motifs is 1. The summed E-state index contributed by atoms with van der Waals surface area (Å²) in [5.74, 6) is 1.42. The largest absolute Gasteiger partial charge is 0.493 e. The first-order valence-corrected chi connectivity index (χ1v) is 10.6. The second kappa shape index (κ2) is 8.53. The molecule has 0 aromatic heterocycles. The third-order valence-electron chi connectivity index (χ3n) is 5.74. The van der Waals surface area contributed by atoms with Gasteiger partial charge in [-0.15, -0.1) is 0 Å². The van der Waals surface area contributed by atoms with Crippen LogP contribution in [-0.2, 0) is 10.2 Å². The molecule has 0 aliphatic carbocycles. The van der Waals surface area contributed by atoms with E-state index in [9.17, 15) is 0 Å². The zero-order valence-corrected chi connectivity index (χ0v) is 17.5. The molecule has 1 atom stereocenters. The van der Waals surface area contributed by atoms with Gasteiger partial charge in [-0.2, -0.15) is 0 Å². The number of benzene rings is 2. The summed E-state index contributed by atoms with van der Waals surface area (Å²) in [6, 6.07) is 16.8. The molecule has 0 bridgehead atoms. The van der Waals surface area contributed by atoms with Gasteiger partial charge in [0.05, 0.1) is 19.2 Å². The van der Waals surface area contributed by atoms with Crippen molar-refractivity contribution >= 4 is 21.9 Å². The number of hydrogen-bond acceptors (Lipinski definition) is 3. The van der Waals surface area contributed by atoms with Crippen molar-refractivity contribution in [1.29, 1.82) is 0 Å². The summed E-state index contributed by atoms with van der Waals surface area (Å²) in [5.41, 5.74) is 8.71. The Morgan fingerprint density at radius 3 is 2.64 bits per heavy atom. The third-order valence-corrected chi connectivity index (χ3v) is 6.27. The number of nitrogens with zero attached hydrogens (tertiary/aromatic N) is 1. The molecule has 0 radical (unpaired) electrons. The van der Waals surface area contributed by atoms with E-state index in [1.807, 2.05) is 18.2 Å².